The molecule has 0 heterocycles. The fourth-order valence-electron chi connectivity index (χ4n) is 2.58. The van der Waals surface area contributed by atoms with Gasteiger partial charge in [-0.2, -0.15) is 0 Å². The third-order valence-electron chi connectivity index (χ3n) is 3.79. The molecule has 0 atom stereocenters. The Bertz CT molecular complexity index is 772. The minimum Gasteiger partial charge on any atom is -0.494 e. The molecule has 2 rings (SSSR count). The van der Waals surface area contributed by atoms with Crippen LogP contribution in [0.15, 0.2) is 48.5 Å². The van der Waals surface area contributed by atoms with Crippen molar-refractivity contribution < 1.29 is 14.3 Å². The maximum absolute atomic E-state index is 12.7. The lowest BCUT2D eigenvalue weighted by molar-refractivity contribution is 0.0785. The van der Waals surface area contributed by atoms with Crippen LogP contribution >= 0.6 is 0 Å². The maximum atomic E-state index is 12.7. The molecule has 2 N–H and O–H groups in total. The minimum atomic E-state index is -0.294. The Morgan fingerprint density at radius 2 is 1.81 bits per heavy atom. The van der Waals surface area contributed by atoms with Crippen LogP contribution in [-0.4, -0.2) is 36.5 Å². The van der Waals surface area contributed by atoms with Crippen molar-refractivity contribution in [2.24, 2.45) is 0 Å². The van der Waals surface area contributed by atoms with Crippen LogP contribution in [0.5, 0.6) is 5.75 Å². The van der Waals surface area contributed by atoms with E-state index in [0.717, 1.165) is 11.3 Å². The number of carbonyl (C=O) groups is 2. The quantitative estimate of drug-likeness (QED) is 0.778. The van der Waals surface area contributed by atoms with Gasteiger partial charge in [-0.05, 0) is 56.7 Å². The number of amides is 3. The summed E-state index contributed by atoms with van der Waals surface area (Å²) in [6.07, 6.45) is 0. The number of urea groups is 1. The summed E-state index contributed by atoms with van der Waals surface area (Å²) in [5.41, 5.74) is 2.11. The van der Waals surface area contributed by atoms with Gasteiger partial charge in [-0.25, -0.2) is 4.79 Å². The van der Waals surface area contributed by atoms with E-state index in [-0.39, 0.29) is 18.0 Å². The molecule has 0 aliphatic heterocycles. The Balaban J connectivity index is 2.01. The fraction of sp³-hybridized carbons (Fsp3) is 0.333. The van der Waals surface area contributed by atoms with Crippen LogP contribution in [0, 0.1) is 0 Å². The predicted octanol–water partition coefficient (Wildman–Crippen LogP) is 3.89. The van der Waals surface area contributed by atoms with Crippen molar-refractivity contribution in [3.63, 3.8) is 0 Å². The minimum absolute atomic E-state index is 0.0371. The molecular weight excluding hydrogens is 342 g/mol. The third kappa shape index (κ3) is 6.33. The average molecular weight is 369 g/mol. The van der Waals surface area contributed by atoms with Gasteiger partial charge in [0, 0.05) is 30.9 Å². The smallest absolute Gasteiger partial charge is 0.319 e. The molecule has 6 heteroatoms. The molecule has 0 aliphatic rings. The predicted molar refractivity (Wildman–Crippen MR) is 107 cm³/mol. The normalized spacial score (nSPS) is 10.4. The van der Waals surface area contributed by atoms with Gasteiger partial charge >= 0.3 is 6.03 Å². The molecular formula is C21H27N3O3. The Labute approximate surface area is 160 Å². The molecule has 0 saturated carbocycles. The van der Waals surface area contributed by atoms with E-state index in [2.05, 4.69) is 10.6 Å². The van der Waals surface area contributed by atoms with Crippen LogP contribution < -0.4 is 15.4 Å². The second kappa shape index (κ2) is 9.62. The van der Waals surface area contributed by atoms with Gasteiger partial charge in [-0.15, -0.1) is 0 Å². The number of benzene rings is 2. The van der Waals surface area contributed by atoms with Crippen molar-refractivity contribution in [1.29, 1.82) is 0 Å². The highest BCUT2D eigenvalue weighted by Crippen LogP contribution is 2.16. The van der Waals surface area contributed by atoms with Crippen LogP contribution in [0.2, 0.25) is 0 Å². The van der Waals surface area contributed by atoms with E-state index in [9.17, 15) is 9.59 Å². The fourth-order valence-corrected chi connectivity index (χ4v) is 2.58. The van der Waals surface area contributed by atoms with Crippen LogP contribution in [0.25, 0.3) is 0 Å². The van der Waals surface area contributed by atoms with E-state index < -0.39 is 0 Å². The molecule has 3 amide bonds. The molecule has 0 saturated heterocycles. The van der Waals surface area contributed by atoms with Gasteiger partial charge in [0.25, 0.3) is 5.91 Å². The lowest BCUT2D eigenvalue weighted by atomic mass is 10.1. The lowest BCUT2D eigenvalue weighted by Gasteiger charge is -2.18. The Kier molecular flexibility index (Phi) is 7.23. The van der Waals surface area contributed by atoms with Crippen molar-refractivity contribution in [2.75, 3.05) is 19.0 Å². The summed E-state index contributed by atoms with van der Waals surface area (Å²) in [6.45, 7) is 6.81. The van der Waals surface area contributed by atoms with Crippen molar-refractivity contribution in [1.82, 2.24) is 10.2 Å². The second-order valence-corrected chi connectivity index (χ2v) is 6.57. The van der Waals surface area contributed by atoms with E-state index >= 15 is 0 Å². The van der Waals surface area contributed by atoms with Crippen LogP contribution in [0.4, 0.5) is 10.5 Å². The first kappa shape index (κ1) is 20.3. The van der Waals surface area contributed by atoms with Crippen molar-refractivity contribution >= 4 is 17.6 Å². The SMILES string of the molecule is CCOc1ccc(CN(C)C(=O)c2cccc(NC(=O)NC(C)C)c2)cc1. The average Bonchev–Trinajstić information content (AvgIpc) is 2.62. The van der Waals surface area contributed by atoms with Gasteiger partial charge in [0.1, 0.15) is 5.75 Å². The van der Waals surface area contributed by atoms with Crippen molar-refractivity contribution in [2.45, 2.75) is 33.4 Å². The monoisotopic (exact) mass is 369 g/mol. The molecule has 0 radical (unpaired) electrons. The van der Waals surface area contributed by atoms with E-state index in [0.29, 0.717) is 24.4 Å². The van der Waals surface area contributed by atoms with Gasteiger partial charge in [0.2, 0.25) is 0 Å². The Hall–Kier alpha value is -3.02. The number of anilines is 1. The molecule has 2 aromatic rings. The number of ether oxygens (including phenoxy) is 1. The molecule has 27 heavy (non-hydrogen) atoms. The van der Waals surface area contributed by atoms with E-state index in [1.165, 1.54) is 0 Å². The number of nitrogens with zero attached hydrogens (tertiary/aromatic N) is 1. The van der Waals surface area contributed by atoms with Crippen LogP contribution in [0.1, 0.15) is 36.7 Å². The van der Waals surface area contributed by atoms with Gasteiger partial charge in [0.05, 0.1) is 6.61 Å². The van der Waals surface area contributed by atoms with Crippen LogP contribution in [0.3, 0.4) is 0 Å². The Morgan fingerprint density at radius 1 is 1.11 bits per heavy atom. The van der Waals surface area contributed by atoms with Crippen LogP contribution in [-0.2, 0) is 6.54 Å². The second-order valence-electron chi connectivity index (χ2n) is 6.57. The lowest BCUT2D eigenvalue weighted by Crippen LogP contribution is -2.34. The first-order chi connectivity index (χ1) is 12.9. The topological polar surface area (TPSA) is 70.7 Å². The molecule has 2 aromatic carbocycles. The first-order valence-corrected chi connectivity index (χ1v) is 9.03. The zero-order chi connectivity index (χ0) is 19.8. The maximum Gasteiger partial charge on any atom is 0.319 e. The summed E-state index contributed by atoms with van der Waals surface area (Å²) in [5.74, 6) is 0.700. The van der Waals surface area contributed by atoms with E-state index in [1.807, 2.05) is 45.0 Å². The first-order valence-electron chi connectivity index (χ1n) is 9.03. The molecule has 6 nitrogen and oxygen atoms in total. The van der Waals surface area contributed by atoms with Crippen molar-refractivity contribution in [3.8, 4) is 5.75 Å². The molecule has 144 valence electrons. The van der Waals surface area contributed by atoms with Gasteiger partial charge in [-0.3, -0.25) is 4.79 Å². The summed E-state index contributed by atoms with van der Waals surface area (Å²) >= 11 is 0. The zero-order valence-electron chi connectivity index (χ0n) is 16.3. The highest BCUT2D eigenvalue weighted by molar-refractivity contribution is 5.96. The number of carbonyl (C=O) groups excluding carboxylic acids is 2. The number of nitrogens with one attached hydrogen (secondary N) is 2. The molecule has 0 aliphatic carbocycles. The molecule has 0 aromatic heterocycles. The highest BCUT2D eigenvalue weighted by Gasteiger charge is 2.13. The summed E-state index contributed by atoms with van der Waals surface area (Å²) in [6, 6.07) is 14.4. The van der Waals surface area contributed by atoms with Gasteiger partial charge in [-0.1, -0.05) is 18.2 Å². The van der Waals surface area contributed by atoms with Gasteiger partial charge in [0.15, 0.2) is 0 Å². The van der Waals surface area contributed by atoms with Crippen molar-refractivity contribution in [3.05, 3.63) is 59.7 Å². The molecule has 0 bridgehead atoms. The summed E-state index contributed by atoms with van der Waals surface area (Å²) < 4.78 is 5.43. The van der Waals surface area contributed by atoms with E-state index in [1.54, 1.807) is 36.2 Å². The third-order valence-corrected chi connectivity index (χ3v) is 3.79. The number of hydrogen-bond acceptors (Lipinski definition) is 3. The number of hydrogen-bond donors (Lipinski definition) is 2. The number of rotatable bonds is 7. The highest BCUT2D eigenvalue weighted by atomic mass is 16.5. The zero-order valence-corrected chi connectivity index (χ0v) is 16.3. The molecule has 0 unspecified atom stereocenters. The Morgan fingerprint density at radius 3 is 2.44 bits per heavy atom. The van der Waals surface area contributed by atoms with E-state index in [4.69, 9.17) is 4.74 Å². The molecule has 0 spiro atoms. The van der Waals surface area contributed by atoms with Gasteiger partial charge < -0.3 is 20.3 Å². The summed E-state index contributed by atoms with van der Waals surface area (Å²) in [5, 5.41) is 5.49. The standard InChI is InChI=1S/C21H27N3O3/c1-5-27-19-11-9-16(10-12-19)14-24(4)20(25)17-7-6-8-18(13-17)23-21(26)22-15(2)3/h6-13,15H,5,14H2,1-4H3,(H2,22,23,26). The summed E-state index contributed by atoms with van der Waals surface area (Å²) in [4.78, 5) is 26.2. The summed E-state index contributed by atoms with van der Waals surface area (Å²) in [7, 11) is 1.75. The largest absolute Gasteiger partial charge is 0.494 e. The molecule has 0 fully saturated rings.